The monoisotopic (exact) mass is 274 g/mol. The number of aromatic nitrogens is 3. The van der Waals surface area contributed by atoms with Gasteiger partial charge < -0.3 is 9.84 Å². The first kappa shape index (κ1) is 14.2. The molecular weight excluding hydrogens is 256 g/mol. The number of hydrogen-bond acceptors (Lipinski definition) is 5. The highest BCUT2D eigenvalue weighted by molar-refractivity contribution is 5.89. The summed E-state index contributed by atoms with van der Waals surface area (Å²) in [6.07, 6.45) is 4.17. The van der Waals surface area contributed by atoms with Crippen LogP contribution >= 0.6 is 0 Å². The fraction of sp³-hybridized carbons (Fsp3) is 0.429. The Labute approximate surface area is 117 Å². The first-order valence-electron chi connectivity index (χ1n) is 6.71. The van der Waals surface area contributed by atoms with Crippen molar-refractivity contribution in [3.8, 4) is 0 Å². The Morgan fingerprint density at radius 2 is 2.25 bits per heavy atom. The third-order valence-corrected chi connectivity index (χ3v) is 2.73. The van der Waals surface area contributed by atoms with Gasteiger partial charge in [-0.05, 0) is 31.0 Å². The molecule has 0 atom stereocenters. The van der Waals surface area contributed by atoms with Crippen molar-refractivity contribution in [1.82, 2.24) is 15.1 Å². The normalized spacial score (nSPS) is 10.5. The number of aryl methyl sites for hydroxylation is 3. The van der Waals surface area contributed by atoms with Crippen LogP contribution in [0, 0.1) is 6.92 Å². The van der Waals surface area contributed by atoms with E-state index >= 15 is 0 Å². The smallest absolute Gasteiger partial charge is 0.227 e. The van der Waals surface area contributed by atoms with Crippen LogP contribution in [0.25, 0.3) is 0 Å². The van der Waals surface area contributed by atoms with Crippen LogP contribution in [0.3, 0.4) is 0 Å². The molecular formula is C14H18N4O2. The first-order chi connectivity index (χ1) is 9.67. The first-order valence-corrected chi connectivity index (χ1v) is 6.71. The lowest BCUT2D eigenvalue weighted by molar-refractivity contribution is -0.116. The molecule has 20 heavy (non-hydrogen) atoms. The van der Waals surface area contributed by atoms with E-state index in [1.54, 1.807) is 6.20 Å². The van der Waals surface area contributed by atoms with Crippen molar-refractivity contribution in [3.63, 3.8) is 0 Å². The van der Waals surface area contributed by atoms with Gasteiger partial charge in [0, 0.05) is 25.5 Å². The molecule has 2 heterocycles. The van der Waals surface area contributed by atoms with E-state index in [1.807, 2.05) is 19.1 Å². The van der Waals surface area contributed by atoms with Gasteiger partial charge in [0.2, 0.25) is 11.8 Å². The second kappa shape index (κ2) is 6.79. The van der Waals surface area contributed by atoms with E-state index < -0.39 is 0 Å². The summed E-state index contributed by atoms with van der Waals surface area (Å²) in [6, 6.07) is 3.70. The number of nitrogens with zero attached hydrogens (tertiary/aromatic N) is 3. The average molecular weight is 274 g/mol. The van der Waals surface area contributed by atoms with E-state index in [0.29, 0.717) is 30.4 Å². The molecule has 0 radical (unpaired) electrons. The summed E-state index contributed by atoms with van der Waals surface area (Å²) in [4.78, 5) is 20.1. The molecule has 0 aromatic carbocycles. The molecule has 0 saturated carbocycles. The summed E-state index contributed by atoms with van der Waals surface area (Å²) in [5.74, 6) is 1.65. The van der Waals surface area contributed by atoms with Crippen LogP contribution in [0.2, 0.25) is 0 Å². The largest absolute Gasteiger partial charge is 0.339 e. The number of amides is 1. The number of nitrogens with one attached hydrogen (secondary N) is 1. The van der Waals surface area contributed by atoms with Crippen molar-refractivity contribution in [3.05, 3.63) is 35.6 Å². The molecule has 0 fully saturated rings. The molecule has 6 nitrogen and oxygen atoms in total. The van der Waals surface area contributed by atoms with E-state index in [2.05, 4.69) is 27.4 Å². The second-order valence-electron chi connectivity index (χ2n) is 4.62. The Morgan fingerprint density at radius 3 is 3.00 bits per heavy atom. The van der Waals surface area contributed by atoms with Crippen LogP contribution in [-0.4, -0.2) is 21.0 Å². The molecule has 0 aliphatic carbocycles. The lowest BCUT2D eigenvalue weighted by Gasteiger charge is -2.03. The average Bonchev–Trinajstić information content (AvgIpc) is 2.85. The summed E-state index contributed by atoms with van der Waals surface area (Å²) >= 11 is 0. The van der Waals surface area contributed by atoms with Gasteiger partial charge in [0.05, 0.1) is 0 Å². The predicted molar refractivity (Wildman–Crippen MR) is 74.2 cm³/mol. The van der Waals surface area contributed by atoms with Gasteiger partial charge in [-0.15, -0.1) is 0 Å². The van der Waals surface area contributed by atoms with E-state index in [1.165, 1.54) is 0 Å². The SMILES string of the molecule is CCCc1noc(CCC(=O)Nc2cc(C)ccn2)n1. The summed E-state index contributed by atoms with van der Waals surface area (Å²) in [6.45, 7) is 4.00. The Bertz CT molecular complexity index is 580. The van der Waals surface area contributed by atoms with Crippen molar-refractivity contribution >= 4 is 11.7 Å². The van der Waals surface area contributed by atoms with E-state index in [0.717, 1.165) is 18.4 Å². The number of carbonyl (C=O) groups is 1. The highest BCUT2D eigenvalue weighted by atomic mass is 16.5. The molecule has 2 aromatic heterocycles. The Morgan fingerprint density at radius 1 is 1.40 bits per heavy atom. The zero-order valence-corrected chi connectivity index (χ0v) is 11.7. The molecule has 0 aliphatic heterocycles. The van der Waals surface area contributed by atoms with Crippen molar-refractivity contribution in [1.29, 1.82) is 0 Å². The fourth-order valence-electron chi connectivity index (χ4n) is 1.75. The summed E-state index contributed by atoms with van der Waals surface area (Å²) in [5.41, 5.74) is 1.05. The van der Waals surface area contributed by atoms with Crippen LogP contribution in [-0.2, 0) is 17.6 Å². The van der Waals surface area contributed by atoms with E-state index in [4.69, 9.17) is 4.52 Å². The summed E-state index contributed by atoms with van der Waals surface area (Å²) in [7, 11) is 0. The molecule has 106 valence electrons. The highest BCUT2D eigenvalue weighted by Gasteiger charge is 2.09. The minimum atomic E-state index is -0.113. The molecule has 0 unspecified atom stereocenters. The van der Waals surface area contributed by atoms with E-state index in [-0.39, 0.29) is 5.91 Å². The number of anilines is 1. The third kappa shape index (κ3) is 4.15. The molecule has 1 amide bonds. The van der Waals surface area contributed by atoms with Crippen molar-refractivity contribution < 1.29 is 9.32 Å². The molecule has 0 aliphatic rings. The number of rotatable bonds is 6. The zero-order valence-electron chi connectivity index (χ0n) is 11.7. The number of hydrogen-bond donors (Lipinski definition) is 1. The third-order valence-electron chi connectivity index (χ3n) is 2.73. The van der Waals surface area contributed by atoms with Gasteiger partial charge in [0.15, 0.2) is 5.82 Å². The Kier molecular flexibility index (Phi) is 4.81. The van der Waals surface area contributed by atoms with Crippen LogP contribution in [0.4, 0.5) is 5.82 Å². The van der Waals surface area contributed by atoms with E-state index in [9.17, 15) is 4.79 Å². The maximum absolute atomic E-state index is 11.8. The van der Waals surface area contributed by atoms with Gasteiger partial charge in [0.1, 0.15) is 5.82 Å². The predicted octanol–water partition coefficient (Wildman–Crippen LogP) is 2.30. The topological polar surface area (TPSA) is 80.9 Å². The Balaban J connectivity index is 1.82. The maximum Gasteiger partial charge on any atom is 0.227 e. The minimum absolute atomic E-state index is 0.113. The second-order valence-corrected chi connectivity index (χ2v) is 4.62. The van der Waals surface area contributed by atoms with Crippen molar-refractivity contribution in [2.45, 2.75) is 39.5 Å². The van der Waals surface area contributed by atoms with Crippen LogP contribution in [0.1, 0.15) is 37.0 Å². The fourth-order valence-corrected chi connectivity index (χ4v) is 1.75. The van der Waals surface area contributed by atoms with Gasteiger partial charge in [-0.2, -0.15) is 4.98 Å². The molecule has 1 N–H and O–H groups in total. The molecule has 2 rings (SSSR count). The van der Waals surface area contributed by atoms with Gasteiger partial charge >= 0.3 is 0 Å². The molecule has 0 bridgehead atoms. The highest BCUT2D eigenvalue weighted by Crippen LogP contribution is 2.07. The van der Waals surface area contributed by atoms with Gasteiger partial charge in [-0.1, -0.05) is 12.1 Å². The van der Waals surface area contributed by atoms with Gasteiger partial charge in [-0.25, -0.2) is 4.98 Å². The summed E-state index contributed by atoms with van der Waals surface area (Å²) < 4.78 is 5.08. The maximum atomic E-state index is 11.8. The lowest BCUT2D eigenvalue weighted by Crippen LogP contribution is -2.13. The minimum Gasteiger partial charge on any atom is -0.339 e. The molecule has 2 aromatic rings. The van der Waals surface area contributed by atoms with Crippen LogP contribution in [0.15, 0.2) is 22.9 Å². The Hall–Kier alpha value is -2.24. The standard InChI is InChI=1S/C14H18N4O2/c1-3-4-11-17-14(20-18-11)6-5-13(19)16-12-9-10(2)7-8-15-12/h7-9H,3-6H2,1-2H3,(H,15,16,19). The van der Waals surface area contributed by atoms with Crippen LogP contribution < -0.4 is 5.32 Å². The zero-order chi connectivity index (χ0) is 14.4. The summed E-state index contributed by atoms with van der Waals surface area (Å²) in [5, 5.41) is 6.59. The molecule has 6 heteroatoms. The lowest BCUT2D eigenvalue weighted by atomic mass is 10.2. The van der Waals surface area contributed by atoms with Crippen molar-refractivity contribution in [2.24, 2.45) is 0 Å². The van der Waals surface area contributed by atoms with Crippen LogP contribution in [0.5, 0.6) is 0 Å². The molecule has 0 saturated heterocycles. The van der Waals surface area contributed by atoms with Crippen molar-refractivity contribution in [2.75, 3.05) is 5.32 Å². The number of carbonyl (C=O) groups excluding carboxylic acids is 1. The van der Waals surface area contributed by atoms with Gasteiger partial charge in [0.25, 0.3) is 0 Å². The molecule has 0 spiro atoms. The quantitative estimate of drug-likeness (QED) is 0.874. The van der Waals surface area contributed by atoms with Gasteiger partial charge in [-0.3, -0.25) is 4.79 Å². The number of pyridine rings is 1.